The maximum absolute atomic E-state index is 12.3. The van der Waals surface area contributed by atoms with Crippen LogP contribution in [0.1, 0.15) is 21.5 Å². The maximum atomic E-state index is 12.3. The Labute approximate surface area is 165 Å². The lowest BCUT2D eigenvalue weighted by molar-refractivity contribution is 0.0962. The number of nitrogens with zero attached hydrogens (tertiary/aromatic N) is 2. The number of anilines is 3. The smallest absolute Gasteiger partial charge is 0.270 e. The van der Waals surface area contributed by atoms with Crippen molar-refractivity contribution in [3.8, 4) is 0 Å². The summed E-state index contributed by atoms with van der Waals surface area (Å²) >= 11 is 3.35. The molecule has 5 N–H and O–H groups in total. The van der Waals surface area contributed by atoms with Crippen molar-refractivity contribution >= 4 is 39.2 Å². The Morgan fingerprint density at radius 1 is 1.07 bits per heavy atom. The molecule has 138 valence electrons. The van der Waals surface area contributed by atoms with Gasteiger partial charge in [0.2, 0.25) is 0 Å². The first-order chi connectivity index (χ1) is 13.0. The van der Waals surface area contributed by atoms with Crippen LogP contribution in [0.2, 0.25) is 0 Å². The zero-order chi connectivity index (χ0) is 19.2. The van der Waals surface area contributed by atoms with Gasteiger partial charge in [-0.25, -0.2) is 9.97 Å². The van der Waals surface area contributed by atoms with Gasteiger partial charge in [-0.3, -0.25) is 15.6 Å². The second-order valence-electron chi connectivity index (χ2n) is 5.88. The Hall–Kier alpha value is -3.13. The van der Waals surface area contributed by atoms with Crippen LogP contribution in [0.15, 0.2) is 59.3 Å². The lowest BCUT2D eigenvalue weighted by Gasteiger charge is -2.13. The van der Waals surface area contributed by atoms with Gasteiger partial charge in [0.05, 0.1) is 5.56 Å². The summed E-state index contributed by atoms with van der Waals surface area (Å²) in [4.78, 5) is 20.5. The van der Waals surface area contributed by atoms with Crippen LogP contribution in [0.4, 0.5) is 17.3 Å². The highest BCUT2D eigenvalue weighted by molar-refractivity contribution is 9.10. The van der Waals surface area contributed by atoms with Crippen LogP contribution < -0.4 is 21.9 Å². The molecular weight excluding hydrogens is 408 g/mol. The van der Waals surface area contributed by atoms with Crippen LogP contribution in [0, 0.1) is 6.92 Å². The zero-order valence-corrected chi connectivity index (χ0v) is 16.2. The van der Waals surface area contributed by atoms with Gasteiger partial charge in [-0.15, -0.1) is 0 Å². The number of hydrazine groups is 1. The van der Waals surface area contributed by atoms with Gasteiger partial charge >= 0.3 is 0 Å². The molecule has 27 heavy (non-hydrogen) atoms. The van der Waals surface area contributed by atoms with Gasteiger partial charge < -0.3 is 11.1 Å². The van der Waals surface area contributed by atoms with Crippen molar-refractivity contribution < 1.29 is 4.79 Å². The van der Waals surface area contributed by atoms with Crippen LogP contribution in [0.25, 0.3) is 0 Å². The largest absolute Gasteiger partial charge is 0.393 e. The van der Waals surface area contributed by atoms with Crippen molar-refractivity contribution in [1.82, 2.24) is 15.4 Å². The minimum Gasteiger partial charge on any atom is -0.393 e. The highest BCUT2D eigenvalue weighted by atomic mass is 79.9. The number of nitrogens with one attached hydrogen (secondary N) is 3. The van der Waals surface area contributed by atoms with E-state index in [0.717, 1.165) is 5.56 Å². The summed E-state index contributed by atoms with van der Waals surface area (Å²) in [6, 6.07) is 15.3. The van der Waals surface area contributed by atoms with Crippen LogP contribution in [-0.4, -0.2) is 15.9 Å². The second-order valence-corrected chi connectivity index (χ2v) is 6.74. The zero-order valence-electron chi connectivity index (χ0n) is 14.7. The topological polar surface area (TPSA) is 105 Å². The van der Waals surface area contributed by atoms with Gasteiger partial charge in [0.15, 0.2) is 11.6 Å². The second kappa shape index (κ2) is 8.50. The van der Waals surface area contributed by atoms with E-state index in [-0.39, 0.29) is 5.91 Å². The Morgan fingerprint density at radius 3 is 2.52 bits per heavy atom. The van der Waals surface area contributed by atoms with Crippen LogP contribution >= 0.6 is 15.9 Å². The molecular formula is C19H19BrN6O. The molecule has 0 aliphatic rings. The Kier molecular flexibility index (Phi) is 5.87. The number of nitrogen functional groups attached to an aromatic ring is 1. The quantitative estimate of drug-likeness (QED) is 0.449. The van der Waals surface area contributed by atoms with Crippen molar-refractivity contribution in [1.29, 1.82) is 0 Å². The van der Waals surface area contributed by atoms with Gasteiger partial charge in [-0.2, -0.15) is 0 Å². The fourth-order valence-corrected chi connectivity index (χ4v) is 2.82. The molecule has 0 unspecified atom stereocenters. The molecule has 7 nitrogen and oxygen atoms in total. The normalized spacial score (nSPS) is 10.3. The average molecular weight is 427 g/mol. The number of hydrogen-bond donors (Lipinski definition) is 4. The molecule has 2 aromatic carbocycles. The molecule has 3 rings (SSSR count). The molecule has 0 spiro atoms. The van der Waals surface area contributed by atoms with Crippen LogP contribution in [0.5, 0.6) is 0 Å². The molecule has 0 fully saturated rings. The fraction of sp³-hybridized carbons (Fsp3) is 0.105. The van der Waals surface area contributed by atoms with Crippen molar-refractivity contribution in [3.63, 3.8) is 0 Å². The highest BCUT2D eigenvalue weighted by Gasteiger charge is 2.12. The van der Waals surface area contributed by atoms with E-state index >= 15 is 0 Å². The van der Waals surface area contributed by atoms with Crippen molar-refractivity contribution in [2.45, 2.75) is 13.5 Å². The number of amides is 1. The number of benzene rings is 2. The van der Waals surface area contributed by atoms with Gasteiger partial charge in [-0.1, -0.05) is 42.0 Å². The number of halogens is 1. The SMILES string of the molecule is Cc1ccc(CNc2ncnc(NNC(=O)c3ccccc3Br)c2N)cc1. The Bertz CT molecular complexity index is 945. The molecule has 1 heterocycles. The van der Waals surface area contributed by atoms with Gasteiger partial charge in [-0.05, 0) is 40.5 Å². The average Bonchev–Trinajstić information content (AvgIpc) is 2.67. The van der Waals surface area contributed by atoms with E-state index in [2.05, 4.69) is 42.1 Å². The predicted octanol–water partition coefficient (Wildman–Crippen LogP) is 3.50. The summed E-state index contributed by atoms with van der Waals surface area (Å²) in [5.74, 6) is 0.495. The number of aromatic nitrogens is 2. The number of aryl methyl sites for hydroxylation is 1. The lowest BCUT2D eigenvalue weighted by Crippen LogP contribution is -2.30. The summed E-state index contributed by atoms with van der Waals surface area (Å²) in [7, 11) is 0. The molecule has 0 radical (unpaired) electrons. The third-order valence-electron chi connectivity index (χ3n) is 3.88. The number of hydrogen-bond acceptors (Lipinski definition) is 6. The van der Waals surface area contributed by atoms with E-state index in [9.17, 15) is 4.79 Å². The van der Waals surface area contributed by atoms with E-state index in [1.54, 1.807) is 18.2 Å². The molecule has 0 atom stereocenters. The van der Waals surface area contributed by atoms with Crippen molar-refractivity contribution in [2.75, 3.05) is 16.5 Å². The first kappa shape index (κ1) is 18.7. The number of rotatable bonds is 6. The van der Waals surface area contributed by atoms with E-state index in [0.29, 0.717) is 33.9 Å². The molecule has 0 aliphatic carbocycles. The van der Waals surface area contributed by atoms with Gasteiger partial charge in [0.25, 0.3) is 5.91 Å². The Morgan fingerprint density at radius 2 is 1.78 bits per heavy atom. The van der Waals surface area contributed by atoms with E-state index in [1.165, 1.54) is 11.9 Å². The van der Waals surface area contributed by atoms with E-state index in [1.807, 2.05) is 37.3 Å². The first-order valence-electron chi connectivity index (χ1n) is 8.25. The molecule has 0 saturated carbocycles. The summed E-state index contributed by atoms with van der Waals surface area (Å²) in [5.41, 5.74) is 14.6. The molecule has 0 bridgehead atoms. The standard InChI is InChI=1S/C19H19BrN6O/c1-12-6-8-13(9-7-12)10-22-17-16(21)18(24-11-23-17)25-26-19(27)14-4-2-3-5-15(14)20/h2-9,11H,10,21H2,1H3,(H,26,27)(H2,22,23,24,25). The summed E-state index contributed by atoms with van der Waals surface area (Å²) in [5, 5.41) is 3.18. The molecule has 0 saturated heterocycles. The van der Waals surface area contributed by atoms with Gasteiger partial charge in [0, 0.05) is 11.0 Å². The molecule has 1 amide bonds. The van der Waals surface area contributed by atoms with Crippen LogP contribution in [-0.2, 0) is 6.54 Å². The molecule has 3 aromatic rings. The fourth-order valence-electron chi connectivity index (χ4n) is 2.36. The summed E-state index contributed by atoms with van der Waals surface area (Å²) < 4.78 is 0.695. The number of carbonyl (C=O) groups is 1. The molecule has 8 heteroatoms. The molecule has 1 aromatic heterocycles. The lowest BCUT2D eigenvalue weighted by atomic mass is 10.1. The highest BCUT2D eigenvalue weighted by Crippen LogP contribution is 2.22. The third kappa shape index (κ3) is 4.73. The van der Waals surface area contributed by atoms with E-state index in [4.69, 9.17) is 5.73 Å². The predicted molar refractivity (Wildman–Crippen MR) is 110 cm³/mol. The summed E-state index contributed by atoms with van der Waals surface area (Å²) in [6.07, 6.45) is 1.38. The third-order valence-corrected chi connectivity index (χ3v) is 4.57. The number of carbonyl (C=O) groups excluding carboxylic acids is 1. The first-order valence-corrected chi connectivity index (χ1v) is 9.04. The van der Waals surface area contributed by atoms with E-state index < -0.39 is 0 Å². The monoisotopic (exact) mass is 426 g/mol. The number of nitrogens with two attached hydrogens (primary N) is 1. The summed E-state index contributed by atoms with van der Waals surface area (Å²) in [6.45, 7) is 2.62. The Balaban J connectivity index is 1.65. The van der Waals surface area contributed by atoms with Crippen LogP contribution in [0.3, 0.4) is 0 Å². The minimum absolute atomic E-state index is 0.311. The van der Waals surface area contributed by atoms with Crippen molar-refractivity contribution in [3.05, 3.63) is 76.0 Å². The minimum atomic E-state index is -0.311. The van der Waals surface area contributed by atoms with Gasteiger partial charge in [0.1, 0.15) is 12.0 Å². The van der Waals surface area contributed by atoms with Crippen molar-refractivity contribution in [2.24, 2.45) is 0 Å². The maximum Gasteiger partial charge on any atom is 0.270 e. The molecule has 0 aliphatic heterocycles.